The van der Waals surface area contributed by atoms with Crippen LogP contribution in [0.4, 0.5) is 0 Å². The number of amides is 2. The van der Waals surface area contributed by atoms with Gasteiger partial charge >= 0.3 is 0 Å². The van der Waals surface area contributed by atoms with Crippen LogP contribution >= 0.6 is 27.5 Å². The normalized spacial score (nSPS) is 11.5. The number of carbonyl (C=O) groups excluding carboxylic acids is 2. The zero-order valence-electron chi connectivity index (χ0n) is 19.3. The summed E-state index contributed by atoms with van der Waals surface area (Å²) < 4.78 is 6.78. The largest absolute Gasteiger partial charge is 0.484 e. The molecule has 5 nitrogen and oxygen atoms in total. The first-order valence-corrected chi connectivity index (χ1v) is 12.3. The predicted octanol–water partition coefficient (Wildman–Crippen LogP) is 5.57. The molecule has 0 aromatic heterocycles. The number of likely N-dealkylation sites (N-methyl/N-ethyl adjacent to an activating group) is 1. The highest BCUT2D eigenvalue weighted by Gasteiger charge is 2.30. The van der Waals surface area contributed by atoms with E-state index < -0.39 is 6.04 Å². The smallest absolute Gasteiger partial charge is 0.261 e. The van der Waals surface area contributed by atoms with Crippen molar-refractivity contribution in [1.29, 1.82) is 0 Å². The topological polar surface area (TPSA) is 58.6 Å². The fourth-order valence-electron chi connectivity index (χ4n) is 3.59. The van der Waals surface area contributed by atoms with Gasteiger partial charge in [0, 0.05) is 29.0 Å². The molecule has 3 rings (SSSR count). The SMILES string of the molecule is CCNC(=O)[C@H](Cc1ccccc1)N(Cc1ccccc1Cl)C(=O)COc1ccc(Br)c(C)c1. The van der Waals surface area contributed by atoms with Gasteiger partial charge in [-0.05, 0) is 54.8 Å². The van der Waals surface area contributed by atoms with Crippen LogP contribution in [-0.2, 0) is 22.6 Å². The van der Waals surface area contributed by atoms with Crippen molar-refractivity contribution in [3.05, 3.63) is 99.0 Å². The van der Waals surface area contributed by atoms with Gasteiger partial charge in [-0.3, -0.25) is 9.59 Å². The molecule has 0 radical (unpaired) electrons. The van der Waals surface area contributed by atoms with Crippen LogP contribution in [-0.4, -0.2) is 35.9 Å². The second kappa shape index (κ2) is 12.6. The van der Waals surface area contributed by atoms with Crippen LogP contribution in [0.1, 0.15) is 23.6 Å². The summed E-state index contributed by atoms with van der Waals surface area (Å²) >= 11 is 9.88. The molecule has 0 heterocycles. The minimum absolute atomic E-state index is 0.190. The summed E-state index contributed by atoms with van der Waals surface area (Å²) in [5, 5.41) is 3.42. The number of nitrogens with zero attached hydrogens (tertiary/aromatic N) is 1. The third-order valence-electron chi connectivity index (χ3n) is 5.41. The summed E-state index contributed by atoms with van der Waals surface area (Å²) in [6.07, 6.45) is 0.375. The van der Waals surface area contributed by atoms with E-state index in [1.54, 1.807) is 17.0 Å². The third-order valence-corrected chi connectivity index (χ3v) is 6.67. The molecule has 0 aliphatic rings. The summed E-state index contributed by atoms with van der Waals surface area (Å²) in [5.74, 6) is 0.0725. The molecule has 0 unspecified atom stereocenters. The van der Waals surface area contributed by atoms with Gasteiger partial charge in [0.25, 0.3) is 5.91 Å². The van der Waals surface area contributed by atoms with Crippen LogP contribution in [0.3, 0.4) is 0 Å². The Morgan fingerprint density at radius 3 is 2.44 bits per heavy atom. The third kappa shape index (κ3) is 7.08. The van der Waals surface area contributed by atoms with Crippen molar-refractivity contribution in [2.45, 2.75) is 32.9 Å². The summed E-state index contributed by atoms with van der Waals surface area (Å²) in [5.41, 5.74) is 2.72. The Balaban J connectivity index is 1.90. The van der Waals surface area contributed by atoms with E-state index in [0.717, 1.165) is 21.2 Å². The molecule has 0 saturated carbocycles. The Labute approximate surface area is 214 Å². The number of carbonyl (C=O) groups is 2. The highest BCUT2D eigenvalue weighted by Crippen LogP contribution is 2.23. The lowest BCUT2D eigenvalue weighted by molar-refractivity contribution is -0.142. The molecule has 7 heteroatoms. The molecule has 0 fully saturated rings. The van der Waals surface area contributed by atoms with E-state index in [1.807, 2.05) is 74.5 Å². The first-order valence-electron chi connectivity index (χ1n) is 11.1. The first kappa shape index (κ1) is 25.8. The average molecular weight is 544 g/mol. The van der Waals surface area contributed by atoms with E-state index in [4.69, 9.17) is 16.3 Å². The number of ether oxygens (including phenoxy) is 1. The van der Waals surface area contributed by atoms with Crippen molar-refractivity contribution in [3.63, 3.8) is 0 Å². The van der Waals surface area contributed by atoms with E-state index in [0.29, 0.717) is 23.7 Å². The van der Waals surface area contributed by atoms with Crippen LogP contribution < -0.4 is 10.1 Å². The predicted molar refractivity (Wildman–Crippen MR) is 139 cm³/mol. The maximum atomic E-state index is 13.5. The fraction of sp³-hybridized carbons (Fsp3) is 0.259. The minimum atomic E-state index is -0.721. The van der Waals surface area contributed by atoms with Gasteiger partial charge < -0.3 is 15.0 Å². The van der Waals surface area contributed by atoms with Gasteiger partial charge in [-0.15, -0.1) is 0 Å². The van der Waals surface area contributed by atoms with Crippen LogP contribution in [0, 0.1) is 6.92 Å². The summed E-state index contributed by atoms with van der Waals surface area (Å²) in [6.45, 7) is 4.27. The van der Waals surface area contributed by atoms with Crippen molar-refractivity contribution in [2.75, 3.05) is 13.2 Å². The van der Waals surface area contributed by atoms with Gasteiger partial charge in [0.2, 0.25) is 5.91 Å². The minimum Gasteiger partial charge on any atom is -0.484 e. The van der Waals surface area contributed by atoms with Crippen molar-refractivity contribution in [1.82, 2.24) is 10.2 Å². The molecule has 0 saturated heterocycles. The Kier molecular flexibility index (Phi) is 9.54. The highest BCUT2D eigenvalue weighted by molar-refractivity contribution is 9.10. The van der Waals surface area contributed by atoms with Gasteiger partial charge in [-0.2, -0.15) is 0 Å². The fourth-order valence-corrected chi connectivity index (χ4v) is 4.03. The Morgan fingerprint density at radius 1 is 1.06 bits per heavy atom. The van der Waals surface area contributed by atoms with Gasteiger partial charge in [-0.25, -0.2) is 0 Å². The van der Waals surface area contributed by atoms with Crippen LogP contribution in [0.15, 0.2) is 77.3 Å². The van der Waals surface area contributed by atoms with E-state index in [9.17, 15) is 9.59 Å². The molecule has 3 aromatic carbocycles. The van der Waals surface area contributed by atoms with Gasteiger partial charge in [-0.1, -0.05) is 76.1 Å². The van der Waals surface area contributed by atoms with E-state index in [1.165, 1.54) is 0 Å². The number of rotatable bonds is 10. The number of benzene rings is 3. The van der Waals surface area contributed by atoms with Crippen molar-refractivity contribution >= 4 is 39.3 Å². The summed E-state index contributed by atoms with van der Waals surface area (Å²) in [7, 11) is 0. The molecule has 34 heavy (non-hydrogen) atoms. The second-order valence-electron chi connectivity index (χ2n) is 7.91. The van der Waals surface area contributed by atoms with E-state index >= 15 is 0 Å². The van der Waals surface area contributed by atoms with E-state index in [-0.39, 0.29) is 25.0 Å². The maximum absolute atomic E-state index is 13.5. The summed E-state index contributed by atoms with van der Waals surface area (Å²) in [4.78, 5) is 28.2. The van der Waals surface area contributed by atoms with Crippen molar-refractivity contribution in [2.24, 2.45) is 0 Å². The monoisotopic (exact) mass is 542 g/mol. The number of hydrogen-bond acceptors (Lipinski definition) is 3. The maximum Gasteiger partial charge on any atom is 0.261 e. The van der Waals surface area contributed by atoms with Crippen molar-refractivity contribution < 1.29 is 14.3 Å². The summed E-state index contributed by atoms with van der Waals surface area (Å²) in [6, 6.07) is 21.8. The quantitative estimate of drug-likeness (QED) is 0.364. The van der Waals surface area contributed by atoms with Crippen LogP contribution in [0.25, 0.3) is 0 Å². The zero-order valence-corrected chi connectivity index (χ0v) is 21.6. The van der Waals surface area contributed by atoms with Gasteiger partial charge in [0.05, 0.1) is 0 Å². The lowest BCUT2D eigenvalue weighted by Gasteiger charge is -2.31. The second-order valence-corrected chi connectivity index (χ2v) is 9.17. The Bertz CT molecular complexity index is 1120. The molecular weight excluding hydrogens is 516 g/mol. The molecule has 0 aliphatic carbocycles. The first-order chi connectivity index (χ1) is 16.4. The number of aryl methyl sites for hydroxylation is 1. The molecule has 0 bridgehead atoms. The molecule has 3 aromatic rings. The standard InChI is InChI=1S/C27H28BrClN2O3/c1-3-30-27(33)25(16-20-9-5-4-6-10-20)31(17-21-11-7-8-12-24(21)29)26(32)18-34-22-13-14-23(28)19(2)15-22/h4-15,25H,3,16-18H2,1-2H3,(H,30,33)/t25-/m0/s1. The number of nitrogens with one attached hydrogen (secondary N) is 1. The molecule has 2 amide bonds. The molecule has 178 valence electrons. The molecule has 1 atom stereocenters. The highest BCUT2D eigenvalue weighted by atomic mass is 79.9. The zero-order chi connectivity index (χ0) is 24.5. The Hall–Kier alpha value is -2.83. The van der Waals surface area contributed by atoms with Crippen molar-refractivity contribution in [3.8, 4) is 5.75 Å². The number of hydrogen-bond donors (Lipinski definition) is 1. The molecular formula is C27H28BrClN2O3. The molecule has 0 spiro atoms. The lowest BCUT2D eigenvalue weighted by Crippen LogP contribution is -2.51. The molecule has 0 aliphatic heterocycles. The lowest BCUT2D eigenvalue weighted by atomic mass is 10.0. The Morgan fingerprint density at radius 2 is 1.76 bits per heavy atom. The molecule has 1 N–H and O–H groups in total. The van der Waals surface area contributed by atoms with E-state index in [2.05, 4.69) is 21.2 Å². The average Bonchev–Trinajstić information content (AvgIpc) is 2.83. The van der Waals surface area contributed by atoms with Gasteiger partial charge in [0.1, 0.15) is 11.8 Å². The van der Waals surface area contributed by atoms with Gasteiger partial charge in [0.15, 0.2) is 6.61 Å². The van der Waals surface area contributed by atoms with Crippen LogP contribution in [0.5, 0.6) is 5.75 Å². The number of halogens is 2. The van der Waals surface area contributed by atoms with Crippen LogP contribution in [0.2, 0.25) is 5.02 Å².